The number of benzene rings is 2. The lowest BCUT2D eigenvalue weighted by molar-refractivity contribution is -0.137. The summed E-state index contributed by atoms with van der Waals surface area (Å²) in [5, 5.41) is 8.92. The Morgan fingerprint density at radius 2 is 1.96 bits per heavy atom. The molecule has 2 aromatic rings. The van der Waals surface area contributed by atoms with E-state index in [0.29, 0.717) is 5.56 Å². The van der Waals surface area contributed by atoms with E-state index in [0.717, 1.165) is 23.1 Å². The molecule has 0 fully saturated rings. The largest absolute Gasteiger partial charge is 0.481 e. The highest BCUT2D eigenvalue weighted by molar-refractivity contribution is 5.73. The fourth-order valence-electron chi connectivity index (χ4n) is 2.95. The lowest BCUT2D eigenvalue weighted by Gasteiger charge is -2.17. The molecule has 3 nitrogen and oxygen atoms in total. The zero-order valence-electron chi connectivity index (χ0n) is 13.7. The molecular weight excluding hydrogens is 293 g/mol. The van der Waals surface area contributed by atoms with Crippen molar-refractivity contribution >= 4 is 5.97 Å². The second-order valence-electron chi connectivity index (χ2n) is 5.86. The third kappa shape index (κ3) is 3.59. The number of carbonyl (C=O) groups is 1. The van der Waals surface area contributed by atoms with Gasteiger partial charge >= 0.3 is 5.97 Å². The minimum Gasteiger partial charge on any atom is -0.481 e. The first-order valence-corrected chi connectivity index (χ1v) is 7.71. The van der Waals surface area contributed by atoms with Crippen LogP contribution in [0.4, 0.5) is 4.39 Å². The van der Waals surface area contributed by atoms with Crippen LogP contribution in [0.5, 0.6) is 0 Å². The number of carboxylic acid groups (broad SMARTS) is 1. The number of carboxylic acids is 1. The van der Waals surface area contributed by atoms with E-state index in [2.05, 4.69) is 13.0 Å². The van der Waals surface area contributed by atoms with Gasteiger partial charge in [-0.25, -0.2) is 4.39 Å². The molecule has 3 N–H and O–H groups in total. The van der Waals surface area contributed by atoms with Gasteiger partial charge in [0.05, 0.1) is 6.42 Å². The van der Waals surface area contributed by atoms with Crippen LogP contribution in [0.3, 0.4) is 0 Å². The maximum absolute atomic E-state index is 14.4. The molecule has 2 aromatic carbocycles. The minimum atomic E-state index is -1.04. The maximum atomic E-state index is 14.4. The molecule has 0 saturated heterocycles. The predicted octanol–water partition coefficient (Wildman–Crippen LogP) is 4.15. The quantitative estimate of drug-likeness (QED) is 0.871. The summed E-state index contributed by atoms with van der Waals surface area (Å²) in [5.74, 6) is -1.46. The number of nitrogens with two attached hydrogens (primary N) is 1. The van der Waals surface area contributed by atoms with Crippen LogP contribution in [0.2, 0.25) is 0 Å². The number of aliphatic carboxylic acids is 1. The van der Waals surface area contributed by atoms with Crippen molar-refractivity contribution in [2.75, 3.05) is 0 Å². The summed E-state index contributed by atoms with van der Waals surface area (Å²) in [7, 11) is 0. The molecule has 122 valence electrons. The van der Waals surface area contributed by atoms with Gasteiger partial charge in [0.25, 0.3) is 0 Å². The van der Waals surface area contributed by atoms with Crippen LogP contribution in [-0.2, 0) is 11.2 Å². The first kappa shape index (κ1) is 17.2. The van der Waals surface area contributed by atoms with E-state index in [9.17, 15) is 9.18 Å². The topological polar surface area (TPSA) is 63.3 Å². The zero-order valence-corrected chi connectivity index (χ0v) is 13.7. The Kier molecular flexibility index (Phi) is 5.16. The third-order valence-electron chi connectivity index (χ3n) is 4.11. The summed E-state index contributed by atoms with van der Waals surface area (Å²) >= 11 is 0. The van der Waals surface area contributed by atoms with Crippen molar-refractivity contribution in [2.24, 2.45) is 5.73 Å². The third-order valence-corrected chi connectivity index (χ3v) is 4.11. The highest BCUT2D eigenvalue weighted by Gasteiger charge is 2.19. The van der Waals surface area contributed by atoms with E-state index in [-0.39, 0.29) is 12.0 Å². The lowest BCUT2D eigenvalue weighted by Crippen LogP contribution is -2.17. The fraction of sp³-hybridized carbons (Fsp3) is 0.316. The molecule has 0 spiro atoms. The standard InChI is InChI=1S/C19H22FNO2/c1-4-13-7-5-6-11(2)18(13)14-8-12(3)19(20)15(9-14)16(21)10-17(22)23/h5-9,16H,4,10,21H2,1-3H3,(H,22,23)/t16-/m0/s1. The Morgan fingerprint density at radius 3 is 2.57 bits per heavy atom. The van der Waals surface area contributed by atoms with Crippen LogP contribution in [-0.4, -0.2) is 11.1 Å². The summed E-state index contributed by atoms with van der Waals surface area (Å²) in [5.41, 5.74) is 10.9. The van der Waals surface area contributed by atoms with Crippen molar-refractivity contribution in [2.45, 2.75) is 39.7 Å². The van der Waals surface area contributed by atoms with Gasteiger partial charge in [-0.1, -0.05) is 25.1 Å². The number of aryl methyl sites for hydroxylation is 3. The first-order chi connectivity index (χ1) is 10.8. The molecule has 1 atom stereocenters. The van der Waals surface area contributed by atoms with Gasteiger partial charge in [0.2, 0.25) is 0 Å². The molecule has 0 amide bonds. The smallest absolute Gasteiger partial charge is 0.305 e. The van der Waals surface area contributed by atoms with E-state index in [1.165, 1.54) is 5.56 Å². The molecule has 0 bridgehead atoms. The normalized spacial score (nSPS) is 12.2. The van der Waals surface area contributed by atoms with Gasteiger partial charge in [0.15, 0.2) is 0 Å². The van der Waals surface area contributed by atoms with Crippen LogP contribution in [0.1, 0.15) is 41.6 Å². The van der Waals surface area contributed by atoms with E-state index in [1.807, 2.05) is 19.1 Å². The maximum Gasteiger partial charge on any atom is 0.305 e. The summed E-state index contributed by atoms with van der Waals surface area (Å²) in [6, 6.07) is 8.71. The average Bonchev–Trinajstić information content (AvgIpc) is 2.48. The van der Waals surface area contributed by atoms with Crippen molar-refractivity contribution in [3.63, 3.8) is 0 Å². The minimum absolute atomic E-state index is 0.257. The van der Waals surface area contributed by atoms with Gasteiger partial charge in [-0.15, -0.1) is 0 Å². The second-order valence-corrected chi connectivity index (χ2v) is 5.86. The lowest BCUT2D eigenvalue weighted by atomic mass is 9.89. The Morgan fingerprint density at radius 1 is 1.26 bits per heavy atom. The van der Waals surface area contributed by atoms with E-state index >= 15 is 0 Å². The molecule has 0 aliphatic rings. The molecule has 0 radical (unpaired) electrons. The Bertz CT molecular complexity index is 740. The molecule has 2 rings (SSSR count). The highest BCUT2D eigenvalue weighted by Crippen LogP contribution is 2.32. The summed E-state index contributed by atoms with van der Waals surface area (Å²) < 4.78 is 14.4. The number of hydrogen-bond donors (Lipinski definition) is 2. The summed E-state index contributed by atoms with van der Waals surface area (Å²) in [6.45, 7) is 5.77. The molecule has 0 unspecified atom stereocenters. The predicted molar refractivity (Wildman–Crippen MR) is 89.9 cm³/mol. The Labute approximate surface area is 136 Å². The molecule has 0 aromatic heterocycles. The monoisotopic (exact) mass is 315 g/mol. The van der Waals surface area contributed by atoms with Crippen LogP contribution in [0, 0.1) is 19.7 Å². The van der Waals surface area contributed by atoms with Crippen molar-refractivity contribution in [3.05, 3.63) is 58.4 Å². The van der Waals surface area contributed by atoms with Gasteiger partial charge in [-0.3, -0.25) is 4.79 Å². The molecule has 4 heteroatoms. The van der Waals surface area contributed by atoms with Gasteiger partial charge in [0, 0.05) is 11.6 Å². The molecule has 0 aliphatic carbocycles. The van der Waals surface area contributed by atoms with Gasteiger partial charge < -0.3 is 10.8 Å². The molecule has 0 aliphatic heterocycles. The number of rotatable bonds is 5. The van der Waals surface area contributed by atoms with Crippen molar-refractivity contribution in [1.82, 2.24) is 0 Å². The Hall–Kier alpha value is -2.20. The van der Waals surface area contributed by atoms with Crippen LogP contribution < -0.4 is 5.73 Å². The SMILES string of the molecule is CCc1cccc(C)c1-c1cc(C)c(F)c([C@@H](N)CC(=O)O)c1. The van der Waals surface area contributed by atoms with Gasteiger partial charge in [0.1, 0.15) is 5.82 Å². The second kappa shape index (κ2) is 6.92. The average molecular weight is 315 g/mol. The van der Waals surface area contributed by atoms with Crippen LogP contribution in [0.15, 0.2) is 30.3 Å². The molecule has 23 heavy (non-hydrogen) atoms. The van der Waals surface area contributed by atoms with Crippen LogP contribution in [0.25, 0.3) is 11.1 Å². The first-order valence-electron chi connectivity index (χ1n) is 7.71. The highest BCUT2D eigenvalue weighted by atomic mass is 19.1. The van der Waals surface area contributed by atoms with Crippen molar-refractivity contribution in [1.29, 1.82) is 0 Å². The summed E-state index contributed by atoms with van der Waals surface area (Å²) in [6.07, 6.45) is 0.568. The number of hydrogen-bond acceptors (Lipinski definition) is 2. The van der Waals surface area contributed by atoms with Crippen molar-refractivity contribution in [3.8, 4) is 11.1 Å². The van der Waals surface area contributed by atoms with E-state index in [1.54, 1.807) is 19.1 Å². The van der Waals surface area contributed by atoms with E-state index < -0.39 is 17.8 Å². The zero-order chi connectivity index (χ0) is 17.1. The van der Waals surface area contributed by atoms with Crippen LogP contribution >= 0.6 is 0 Å². The van der Waals surface area contributed by atoms with Gasteiger partial charge in [-0.2, -0.15) is 0 Å². The molecule has 0 heterocycles. The van der Waals surface area contributed by atoms with E-state index in [4.69, 9.17) is 10.8 Å². The fourth-order valence-corrected chi connectivity index (χ4v) is 2.95. The molecular formula is C19H22FNO2. The van der Waals surface area contributed by atoms with Crippen molar-refractivity contribution < 1.29 is 14.3 Å². The number of halogens is 1. The molecule has 0 saturated carbocycles. The summed E-state index contributed by atoms with van der Waals surface area (Å²) in [4.78, 5) is 10.9. The Balaban J connectivity index is 2.62. The van der Waals surface area contributed by atoms with Gasteiger partial charge in [-0.05, 0) is 60.2 Å².